The zero-order chi connectivity index (χ0) is 21.8. The highest BCUT2D eigenvalue weighted by Gasteiger charge is 2.13. The summed E-state index contributed by atoms with van der Waals surface area (Å²) in [6.07, 6.45) is -1.08. The van der Waals surface area contributed by atoms with Crippen molar-refractivity contribution in [2.24, 2.45) is 0 Å². The highest BCUT2D eigenvalue weighted by Crippen LogP contribution is 2.31. The van der Waals surface area contributed by atoms with E-state index in [1.165, 1.54) is 7.05 Å². The Morgan fingerprint density at radius 1 is 0.935 bits per heavy atom. The number of aromatic amines is 1. The van der Waals surface area contributed by atoms with Crippen molar-refractivity contribution in [1.29, 1.82) is 0 Å². The summed E-state index contributed by atoms with van der Waals surface area (Å²) in [6.45, 7) is 0. The Labute approximate surface area is 182 Å². The Bertz CT molecular complexity index is 1230. The molecule has 0 fully saturated rings. The van der Waals surface area contributed by atoms with Crippen molar-refractivity contribution in [3.05, 3.63) is 72.8 Å². The number of rotatable bonds is 5. The number of nitrogens with zero attached hydrogens (tertiary/aromatic N) is 2. The standard InChI is InChI=1S/C22H19N5O3S/c1-27(22(29)30)20-25-18-12-11-17(13-19(18)26-20)31-16-9-7-15(8-10-16)24-21(28)23-14-5-3-2-4-6-14/h2-13H,1H3,(H,25,26)(H,29,30)(H2,23,24,28). The van der Waals surface area contributed by atoms with Crippen LogP contribution in [0.4, 0.5) is 26.9 Å². The molecule has 4 aromatic rings. The molecule has 3 aromatic carbocycles. The number of imidazole rings is 1. The number of hydrogen-bond acceptors (Lipinski definition) is 4. The maximum absolute atomic E-state index is 12.1. The van der Waals surface area contributed by atoms with Crippen molar-refractivity contribution in [3.63, 3.8) is 0 Å². The van der Waals surface area contributed by atoms with Crippen molar-refractivity contribution in [1.82, 2.24) is 9.97 Å². The first-order chi connectivity index (χ1) is 15.0. The molecule has 0 saturated carbocycles. The lowest BCUT2D eigenvalue weighted by Gasteiger charge is -2.08. The third kappa shape index (κ3) is 4.96. The number of carbonyl (C=O) groups excluding carboxylic acids is 1. The Hall–Kier alpha value is -3.98. The second kappa shape index (κ2) is 8.80. The number of nitrogens with one attached hydrogen (secondary N) is 3. The summed E-state index contributed by atoms with van der Waals surface area (Å²) < 4.78 is 0. The third-order valence-electron chi connectivity index (χ3n) is 4.43. The van der Waals surface area contributed by atoms with Crippen molar-refractivity contribution in [2.45, 2.75) is 9.79 Å². The average Bonchev–Trinajstić information content (AvgIpc) is 3.18. The number of carbonyl (C=O) groups is 2. The number of H-pyrrole nitrogens is 1. The molecule has 156 valence electrons. The largest absolute Gasteiger partial charge is 0.465 e. The van der Waals surface area contributed by atoms with E-state index in [9.17, 15) is 9.59 Å². The van der Waals surface area contributed by atoms with Crippen LogP contribution in [-0.4, -0.2) is 34.2 Å². The predicted octanol–water partition coefficient (Wildman–Crippen LogP) is 5.47. The molecule has 0 atom stereocenters. The molecule has 0 aliphatic rings. The number of benzene rings is 3. The summed E-state index contributed by atoms with van der Waals surface area (Å²) in [5.74, 6) is 0.272. The smallest absolute Gasteiger partial charge is 0.413 e. The topological polar surface area (TPSA) is 110 Å². The van der Waals surface area contributed by atoms with Crippen LogP contribution in [0.5, 0.6) is 0 Å². The maximum Gasteiger partial charge on any atom is 0.413 e. The highest BCUT2D eigenvalue weighted by molar-refractivity contribution is 7.99. The number of hydrogen-bond donors (Lipinski definition) is 4. The first kappa shape index (κ1) is 20.3. The molecule has 0 saturated heterocycles. The number of anilines is 3. The monoisotopic (exact) mass is 433 g/mol. The number of aromatic nitrogens is 2. The number of amides is 3. The maximum atomic E-state index is 12.1. The van der Waals surface area contributed by atoms with Crippen molar-refractivity contribution in [2.75, 3.05) is 22.6 Å². The van der Waals surface area contributed by atoms with Crippen LogP contribution in [-0.2, 0) is 0 Å². The summed E-state index contributed by atoms with van der Waals surface area (Å²) in [5.41, 5.74) is 2.85. The van der Waals surface area contributed by atoms with Crippen LogP contribution in [0.3, 0.4) is 0 Å². The SMILES string of the molecule is CN(C(=O)O)c1nc2ccc(Sc3ccc(NC(=O)Nc4ccccc4)cc3)cc2[nH]1. The average molecular weight is 433 g/mol. The first-order valence-corrected chi connectivity index (χ1v) is 10.2. The summed E-state index contributed by atoms with van der Waals surface area (Å²) >= 11 is 1.55. The van der Waals surface area contributed by atoms with Gasteiger partial charge in [0.25, 0.3) is 0 Å². The second-order valence-electron chi connectivity index (χ2n) is 6.65. The molecule has 0 aliphatic heterocycles. The van der Waals surface area contributed by atoms with Crippen LogP contribution in [0.2, 0.25) is 0 Å². The van der Waals surface area contributed by atoms with Gasteiger partial charge in [0, 0.05) is 28.2 Å². The fraction of sp³-hybridized carbons (Fsp3) is 0.0455. The first-order valence-electron chi connectivity index (χ1n) is 9.35. The van der Waals surface area contributed by atoms with E-state index in [0.29, 0.717) is 11.2 Å². The van der Waals surface area contributed by atoms with Crippen LogP contribution in [0.15, 0.2) is 82.6 Å². The van der Waals surface area contributed by atoms with E-state index >= 15 is 0 Å². The van der Waals surface area contributed by atoms with E-state index < -0.39 is 6.09 Å². The molecule has 3 amide bonds. The van der Waals surface area contributed by atoms with Crippen LogP contribution in [0, 0.1) is 0 Å². The summed E-state index contributed by atoms with van der Waals surface area (Å²) in [5, 5.41) is 14.7. The van der Waals surface area contributed by atoms with Gasteiger partial charge >= 0.3 is 12.1 Å². The molecule has 4 N–H and O–H groups in total. The molecule has 0 spiro atoms. The highest BCUT2D eigenvalue weighted by atomic mass is 32.2. The lowest BCUT2D eigenvalue weighted by atomic mass is 10.3. The van der Waals surface area contributed by atoms with Crippen molar-refractivity contribution in [3.8, 4) is 0 Å². The number of urea groups is 1. The summed E-state index contributed by atoms with van der Waals surface area (Å²) in [6, 6.07) is 22.1. The van der Waals surface area contributed by atoms with E-state index in [-0.39, 0.29) is 12.0 Å². The van der Waals surface area contributed by atoms with Gasteiger partial charge in [-0.2, -0.15) is 0 Å². The minimum atomic E-state index is -1.08. The van der Waals surface area contributed by atoms with Gasteiger partial charge in [0.15, 0.2) is 0 Å². The Kier molecular flexibility index (Phi) is 5.76. The van der Waals surface area contributed by atoms with E-state index in [4.69, 9.17) is 5.11 Å². The molecule has 1 aromatic heterocycles. The fourth-order valence-electron chi connectivity index (χ4n) is 2.85. The number of para-hydroxylation sites is 1. The fourth-order valence-corrected chi connectivity index (χ4v) is 3.70. The van der Waals surface area contributed by atoms with E-state index in [1.54, 1.807) is 11.8 Å². The lowest BCUT2D eigenvalue weighted by Crippen LogP contribution is -2.24. The quantitative estimate of drug-likeness (QED) is 0.333. The van der Waals surface area contributed by atoms with Gasteiger partial charge in [-0.25, -0.2) is 14.6 Å². The van der Waals surface area contributed by atoms with Gasteiger partial charge in [-0.1, -0.05) is 30.0 Å². The molecule has 4 rings (SSSR count). The molecule has 8 nitrogen and oxygen atoms in total. The zero-order valence-electron chi connectivity index (χ0n) is 16.5. The molecule has 0 unspecified atom stereocenters. The van der Waals surface area contributed by atoms with Gasteiger partial charge in [0.05, 0.1) is 11.0 Å². The minimum Gasteiger partial charge on any atom is -0.465 e. The zero-order valence-corrected chi connectivity index (χ0v) is 17.3. The van der Waals surface area contributed by atoms with Gasteiger partial charge in [-0.15, -0.1) is 0 Å². The molecule has 0 aliphatic carbocycles. The van der Waals surface area contributed by atoms with Gasteiger partial charge in [0.2, 0.25) is 5.95 Å². The van der Waals surface area contributed by atoms with Crippen molar-refractivity contribution >= 4 is 52.2 Å². The molecule has 0 bridgehead atoms. The normalized spacial score (nSPS) is 10.6. The molecule has 1 heterocycles. The molecular weight excluding hydrogens is 414 g/mol. The van der Waals surface area contributed by atoms with Gasteiger partial charge in [-0.3, -0.25) is 4.90 Å². The molecule has 31 heavy (non-hydrogen) atoms. The van der Waals surface area contributed by atoms with Gasteiger partial charge in [0.1, 0.15) is 0 Å². The van der Waals surface area contributed by atoms with E-state index in [1.807, 2.05) is 72.8 Å². The van der Waals surface area contributed by atoms with Crippen LogP contribution >= 0.6 is 11.8 Å². The van der Waals surface area contributed by atoms with E-state index in [0.717, 1.165) is 25.9 Å². The minimum absolute atomic E-state index is 0.272. The van der Waals surface area contributed by atoms with Crippen molar-refractivity contribution < 1.29 is 14.7 Å². The molecule has 0 radical (unpaired) electrons. The number of carboxylic acid groups (broad SMARTS) is 1. The third-order valence-corrected chi connectivity index (χ3v) is 5.42. The van der Waals surface area contributed by atoms with Gasteiger partial charge in [-0.05, 0) is 54.6 Å². The second-order valence-corrected chi connectivity index (χ2v) is 7.80. The molecular formula is C22H19N5O3S. The van der Waals surface area contributed by atoms with Crippen LogP contribution in [0.1, 0.15) is 0 Å². The van der Waals surface area contributed by atoms with Crippen LogP contribution in [0.25, 0.3) is 11.0 Å². The Morgan fingerprint density at radius 2 is 1.58 bits per heavy atom. The van der Waals surface area contributed by atoms with E-state index in [2.05, 4.69) is 20.6 Å². The van der Waals surface area contributed by atoms with Crippen LogP contribution < -0.4 is 15.5 Å². The summed E-state index contributed by atoms with van der Waals surface area (Å²) in [4.78, 5) is 33.5. The Morgan fingerprint density at radius 3 is 2.26 bits per heavy atom. The van der Waals surface area contributed by atoms with Gasteiger partial charge < -0.3 is 20.7 Å². The number of fused-ring (bicyclic) bond motifs is 1. The Balaban J connectivity index is 1.41. The molecule has 9 heteroatoms. The predicted molar refractivity (Wildman–Crippen MR) is 122 cm³/mol. The lowest BCUT2D eigenvalue weighted by molar-refractivity contribution is 0.203. The summed E-state index contributed by atoms with van der Waals surface area (Å²) in [7, 11) is 1.44.